The minimum Gasteiger partial charge on any atom is -0.506 e. The van der Waals surface area contributed by atoms with E-state index in [-0.39, 0.29) is 5.75 Å². The van der Waals surface area contributed by atoms with Gasteiger partial charge in [0.25, 0.3) is 0 Å². The molecule has 0 fully saturated rings. The Kier molecular flexibility index (Phi) is 2.25. The quantitative estimate of drug-likeness (QED) is 0.754. The van der Waals surface area contributed by atoms with E-state index in [2.05, 4.69) is 5.10 Å². The van der Waals surface area contributed by atoms with Crippen molar-refractivity contribution in [3.63, 3.8) is 0 Å². The van der Waals surface area contributed by atoms with Gasteiger partial charge in [0.1, 0.15) is 17.1 Å². The molecule has 1 N–H and O–H groups in total. The maximum Gasteiger partial charge on any atom is 0.170 e. The molecule has 0 spiro atoms. The Morgan fingerprint density at radius 2 is 2.13 bits per heavy atom. The molecule has 0 aliphatic heterocycles. The number of hydrogen-bond acceptors (Lipinski definition) is 3. The van der Waals surface area contributed by atoms with E-state index in [1.54, 1.807) is 35.0 Å². The predicted molar refractivity (Wildman–Crippen MR) is 55.4 cm³/mol. The van der Waals surface area contributed by atoms with Crippen LogP contribution in [0.4, 0.5) is 0 Å². The molecule has 0 saturated carbocycles. The number of aromatic nitrogens is 2. The van der Waals surface area contributed by atoms with Gasteiger partial charge in [0.15, 0.2) is 6.29 Å². The van der Waals surface area contributed by atoms with Gasteiger partial charge in [-0.25, -0.2) is 4.68 Å². The van der Waals surface area contributed by atoms with E-state index in [0.717, 1.165) is 5.69 Å². The highest BCUT2D eigenvalue weighted by Gasteiger charge is 2.08. The van der Waals surface area contributed by atoms with Gasteiger partial charge in [-0.05, 0) is 25.1 Å². The van der Waals surface area contributed by atoms with Crippen LogP contribution in [0.3, 0.4) is 0 Å². The average Bonchev–Trinajstić information content (AvgIpc) is 2.60. The minimum absolute atomic E-state index is 0.140. The van der Waals surface area contributed by atoms with Crippen LogP contribution in [0.2, 0.25) is 0 Å². The highest BCUT2D eigenvalue weighted by atomic mass is 16.3. The average molecular weight is 202 g/mol. The molecule has 0 saturated heterocycles. The molecule has 2 rings (SSSR count). The lowest BCUT2D eigenvalue weighted by atomic mass is 10.3. The molecule has 0 amide bonds. The molecule has 0 aliphatic rings. The summed E-state index contributed by atoms with van der Waals surface area (Å²) in [5.41, 5.74) is 1.73. The Labute approximate surface area is 86.8 Å². The van der Waals surface area contributed by atoms with E-state index >= 15 is 0 Å². The van der Waals surface area contributed by atoms with Crippen LogP contribution in [-0.2, 0) is 0 Å². The number of aldehydes is 1. The normalized spacial score (nSPS) is 10.2. The van der Waals surface area contributed by atoms with Crippen LogP contribution in [0.15, 0.2) is 30.3 Å². The number of carbonyl (C=O) groups excluding carboxylic acids is 1. The number of phenolic OH excluding ortho intramolecular Hbond substituents is 1. The van der Waals surface area contributed by atoms with Crippen LogP contribution in [0.25, 0.3) is 5.69 Å². The van der Waals surface area contributed by atoms with Crippen molar-refractivity contribution in [1.29, 1.82) is 0 Å². The van der Waals surface area contributed by atoms with Gasteiger partial charge in [0, 0.05) is 5.69 Å². The zero-order valence-corrected chi connectivity index (χ0v) is 8.21. The molecule has 0 radical (unpaired) electrons. The van der Waals surface area contributed by atoms with Gasteiger partial charge in [-0.3, -0.25) is 4.79 Å². The molecule has 4 heteroatoms. The predicted octanol–water partition coefficient (Wildman–Crippen LogP) is 1.70. The Balaban J connectivity index is 2.58. The van der Waals surface area contributed by atoms with Crippen molar-refractivity contribution in [3.05, 3.63) is 41.7 Å². The molecular weight excluding hydrogens is 192 g/mol. The van der Waals surface area contributed by atoms with Crippen molar-refractivity contribution in [3.8, 4) is 11.4 Å². The van der Waals surface area contributed by atoms with Gasteiger partial charge >= 0.3 is 0 Å². The molecule has 15 heavy (non-hydrogen) atoms. The topological polar surface area (TPSA) is 55.1 Å². The van der Waals surface area contributed by atoms with Crippen LogP contribution in [0.1, 0.15) is 16.2 Å². The monoisotopic (exact) mass is 202 g/mol. The van der Waals surface area contributed by atoms with E-state index in [1.165, 1.54) is 0 Å². The molecule has 0 bridgehead atoms. The fraction of sp³-hybridized carbons (Fsp3) is 0.0909. The molecule has 1 heterocycles. The number of aromatic hydroxyl groups is 1. The maximum atomic E-state index is 10.5. The molecule has 0 aliphatic carbocycles. The first-order chi connectivity index (χ1) is 7.22. The summed E-state index contributed by atoms with van der Waals surface area (Å²) in [6, 6.07) is 8.52. The Morgan fingerprint density at radius 3 is 2.73 bits per heavy atom. The Hall–Kier alpha value is -2.10. The summed E-state index contributed by atoms with van der Waals surface area (Å²) >= 11 is 0. The molecule has 0 atom stereocenters. The van der Waals surface area contributed by atoms with Gasteiger partial charge in [-0.15, -0.1) is 0 Å². The van der Waals surface area contributed by atoms with Crippen LogP contribution in [0.5, 0.6) is 5.75 Å². The first kappa shape index (κ1) is 9.45. The highest BCUT2D eigenvalue weighted by molar-refractivity contribution is 5.72. The second-order valence-electron chi connectivity index (χ2n) is 3.23. The number of aryl methyl sites for hydroxylation is 1. The largest absolute Gasteiger partial charge is 0.506 e. The molecule has 76 valence electrons. The van der Waals surface area contributed by atoms with Crippen molar-refractivity contribution in [2.75, 3.05) is 0 Å². The first-order valence-corrected chi connectivity index (χ1v) is 4.52. The van der Waals surface area contributed by atoms with E-state index in [4.69, 9.17) is 0 Å². The van der Waals surface area contributed by atoms with Crippen LogP contribution >= 0.6 is 0 Å². The Morgan fingerprint density at radius 1 is 1.40 bits per heavy atom. The van der Waals surface area contributed by atoms with Crippen molar-refractivity contribution in [2.45, 2.75) is 6.92 Å². The maximum absolute atomic E-state index is 10.5. The zero-order valence-electron chi connectivity index (χ0n) is 8.21. The number of benzene rings is 1. The lowest BCUT2D eigenvalue weighted by Gasteiger charge is -2.05. The van der Waals surface area contributed by atoms with E-state index < -0.39 is 0 Å². The van der Waals surface area contributed by atoms with Gasteiger partial charge < -0.3 is 5.11 Å². The molecule has 2 aromatic rings. The van der Waals surface area contributed by atoms with Gasteiger partial charge in [-0.2, -0.15) is 5.10 Å². The number of nitrogens with zero attached hydrogens (tertiary/aromatic N) is 2. The number of rotatable bonds is 2. The van der Waals surface area contributed by atoms with Crippen LogP contribution in [0, 0.1) is 6.92 Å². The summed E-state index contributed by atoms with van der Waals surface area (Å²) in [6.07, 6.45) is 0.684. The van der Waals surface area contributed by atoms with Crippen LogP contribution < -0.4 is 0 Å². The second-order valence-corrected chi connectivity index (χ2v) is 3.23. The Bertz CT molecular complexity index is 503. The summed E-state index contributed by atoms with van der Waals surface area (Å²) < 4.78 is 1.54. The van der Waals surface area contributed by atoms with Crippen molar-refractivity contribution >= 4 is 6.29 Å². The SMILES string of the molecule is Cc1cc(C=O)nn1-c1ccccc1O. The lowest BCUT2D eigenvalue weighted by Crippen LogP contribution is -1.99. The standard InChI is InChI=1S/C11H10N2O2/c1-8-6-9(7-14)12-13(8)10-4-2-3-5-11(10)15/h2-7,15H,1H3. The molecule has 1 aromatic carbocycles. The third kappa shape index (κ3) is 1.61. The summed E-state index contributed by atoms with van der Waals surface area (Å²) in [6.45, 7) is 1.83. The van der Waals surface area contributed by atoms with Gasteiger partial charge in [-0.1, -0.05) is 12.1 Å². The molecule has 0 unspecified atom stereocenters. The van der Waals surface area contributed by atoms with Crippen LogP contribution in [-0.4, -0.2) is 21.2 Å². The minimum atomic E-state index is 0.140. The van der Waals surface area contributed by atoms with Gasteiger partial charge in [0.05, 0.1) is 0 Å². The highest BCUT2D eigenvalue weighted by Crippen LogP contribution is 2.21. The number of phenols is 1. The van der Waals surface area contributed by atoms with Gasteiger partial charge in [0.2, 0.25) is 0 Å². The van der Waals surface area contributed by atoms with E-state index in [1.807, 2.05) is 6.92 Å². The van der Waals surface area contributed by atoms with Crippen molar-refractivity contribution in [1.82, 2.24) is 9.78 Å². The summed E-state index contributed by atoms with van der Waals surface area (Å²) in [5.74, 6) is 0.140. The summed E-state index contributed by atoms with van der Waals surface area (Å²) in [7, 11) is 0. The third-order valence-corrected chi connectivity index (χ3v) is 2.14. The molecule has 1 aromatic heterocycles. The second kappa shape index (κ2) is 3.57. The number of para-hydroxylation sites is 2. The third-order valence-electron chi connectivity index (χ3n) is 2.14. The van der Waals surface area contributed by atoms with Crippen molar-refractivity contribution < 1.29 is 9.90 Å². The summed E-state index contributed by atoms with van der Waals surface area (Å²) in [5, 5.41) is 13.7. The number of hydrogen-bond donors (Lipinski definition) is 1. The molecular formula is C11H10N2O2. The first-order valence-electron chi connectivity index (χ1n) is 4.52. The molecule has 4 nitrogen and oxygen atoms in total. The van der Waals surface area contributed by atoms with E-state index in [0.29, 0.717) is 17.7 Å². The number of carbonyl (C=O) groups is 1. The summed E-state index contributed by atoms with van der Waals surface area (Å²) in [4.78, 5) is 10.5. The fourth-order valence-electron chi connectivity index (χ4n) is 1.44. The smallest absolute Gasteiger partial charge is 0.170 e. The fourth-order valence-corrected chi connectivity index (χ4v) is 1.44. The zero-order chi connectivity index (χ0) is 10.8. The van der Waals surface area contributed by atoms with E-state index in [9.17, 15) is 9.90 Å². The van der Waals surface area contributed by atoms with Crippen molar-refractivity contribution in [2.24, 2.45) is 0 Å². The lowest BCUT2D eigenvalue weighted by molar-refractivity contribution is 0.111.